The number of hydrogen-bond donors (Lipinski definition) is 2. The highest BCUT2D eigenvalue weighted by Crippen LogP contribution is 2.25. The van der Waals surface area contributed by atoms with Gasteiger partial charge < -0.3 is 5.32 Å². The third kappa shape index (κ3) is 7.36. The number of nitrogens with one attached hydrogen (secondary N) is 2. The Bertz CT molecular complexity index is 397. The smallest absolute Gasteiger partial charge is 0.354 e. The molecule has 2 atom stereocenters. The highest BCUT2D eigenvalue weighted by atomic mass is 35.5. The van der Waals surface area contributed by atoms with Gasteiger partial charge in [0.05, 0.1) is 19.1 Å². The minimum Gasteiger partial charge on any atom is -0.354 e. The van der Waals surface area contributed by atoms with Crippen molar-refractivity contribution in [3.63, 3.8) is 0 Å². The average Bonchev–Trinajstić information content (AvgIpc) is 2.90. The summed E-state index contributed by atoms with van der Waals surface area (Å²) in [7, 11) is 0. The fraction of sp³-hybridized carbons (Fsp3) is 0.917. The van der Waals surface area contributed by atoms with Gasteiger partial charge in [-0.1, -0.05) is 0 Å². The van der Waals surface area contributed by atoms with Crippen LogP contribution >= 0.6 is 24.8 Å². The Morgan fingerprint density at radius 3 is 2.48 bits per heavy atom. The number of likely N-dealkylation sites (tertiary alicyclic amines) is 1. The van der Waals surface area contributed by atoms with Crippen molar-refractivity contribution in [3.8, 4) is 0 Å². The number of rotatable bonds is 4. The van der Waals surface area contributed by atoms with E-state index < -0.39 is 43.6 Å². The number of carbonyl (C=O) groups is 1. The van der Waals surface area contributed by atoms with Crippen LogP contribution in [0.15, 0.2) is 0 Å². The minimum absolute atomic E-state index is 0. The molecule has 0 bridgehead atoms. The lowest BCUT2D eigenvalue weighted by atomic mass is 10.1. The number of alkyl halides is 5. The van der Waals surface area contributed by atoms with E-state index >= 15 is 0 Å². The monoisotopic (exact) mass is 387 g/mol. The zero-order valence-corrected chi connectivity index (χ0v) is 13.8. The van der Waals surface area contributed by atoms with Gasteiger partial charge in [0.2, 0.25) is 5.91 Å². The van der Waals surface area contributed by atoms with Crippen molar-refractivity contribution in [1.82, 2.24) is 15.5 Å². The molecule has 0 radical (unpaired) electrons. The van der Waals surface area contributed by atoms with Crippen LogP contribution in [0.1, 0.15) is 12.8 Å². The van der Waals surface area contributed by atoms with E-state index in [4.69, 9.17) is 0 Å². The van der Waals surface area contributed by atoms with Crippen molar-refractivity contribution >= 4 is 30.7 Å². The Hall–Kier alpha value is -0.380. The highest BCUT2D eigenvalue weighted by molar-refractivity contribution is 5.85. The van der Waals surface area contributed by atoms with Crippen molar-refractivity contribution in [2.45, 2.75) is 31.0 Å². The first-order valence-electron chi connectivity index (χ1n) is 6.83. The second-order valence-corrected chi connectivity index (χ2v) is 5.74. The van der Waals surface area contributed by atoms with Gasteiger partial charge in [0.25, 0.3) is 5.92 Å². The quantitative estimate of drug-likeness (QED) is 0.723. The molecule has 2 aliphatic rings. The molecule has 4 nitrogen and oxygen atoms in total. The molecular formula is C12H20Cl2F5N3O. The normalized spacial score (nSPS) is 27.2. The minimum atomic E-state index is -4.22. The molecule has 0 saturated carbocycles. The molecule has 2 N–H and O–H groups in total. The van der Waals surface area contributed by atoms with E-state index in [2.05, 4.69) is 10.6 Å². The van der Waals surface area contributed by atoms with Crippen molar-refractivity contribution < 1.29 is 26.7 Å². The van der Waals surface area contributed by atoms with Gasteiger partial charge in [-0.2, -0.15) is 13.2 Å². The summed E-state index contributed by atoms with van der Waals surface area (Å²) >= 11 is 0. The molecule has 2 unspecified atom stereocenters. The Morgan fingerprint density at radius 2 is 1.96 bits per heavy atom. The summed E-state index contributed by atoms with van der Waals surface area (Å²) in [6, 6.07) is -0.923. The zero-order chi connectivity index (χ0) is 15.7. The van der Waals surface area contributed by atoms with E-state index in [1.165, 1.54) is 4.90 Å². The maximum atomic E-state index is 12.9. The number of nitrogens with zero attached hydrogens (tertiary/aromatic N) is 1. The predicted octanol–water partition coefficient (Wildman–Crippen LogP) is 1.83. The van der Waals surface area contributed by atoms with Crippen LogP contribution < -0.4 is 10.6 Å². The third-order valence-corrected chi connectivity index (χ3v) is 3.76. The van der Waals surface area contributed by atoms with Crippen LogP contribution in [0.4, 0.5) is 22.0 Å². The van der Waals surface area contributed by atoms with Gasteiger partial charge in [0, 0.05) is 19.5 Å². The van der Waals surface area contributed by atoms with Crippen LogP contribution in [0, 0.1) is 5.92 Å². The van der Waals surface area contributed by atoms with E-state index in [0.717, 1.165) is 0 Å². The molecule has 1 amide bonds. The molecule has 138 valence electrons. The van der Waals surface area contributed by atoms with Gasteiger partial charge in [-0.3, -0.25) is 15.0 Å². The maximum Gasteiger partial charge on any atom is 0.401 e. The average molecular weight is 388 g/mol. The lowest BCUT2D eigenvalue weighted by Gasteiger charge is -2.18. The van der Waals surface area contributed by atoms with Gasteiger partial charge in [-0.15, -0.1) is 24.8 Å². The summed E-state index contributed by atoms with van der Waals surface area (Å²) in [5.41, 5.74) is 0. The van der Waals surface area contributed by atoms with Crippen LogP contribution in [0.25, 0.3) is 0 Å². The van der Waals surface area contributed by atoms with Crippen LogP contribution in [-0.2, 0) is 4.79 Å². The van der Waals surface area contributed by atoms with Gasteiger partial charge in [0.1, 0.15) is 0 Å². The zero-order valence-electron chi connectivity index (χ0n) is 12.2. The van der Waals surface area contributed by atoms with Gasteiger partial charge in [-0.25, -0.2) is 8.78 Å². The number of halogens is 7. The third-order valence-electron chi connectivity index (χ3n) is 3.76. The van der Waals surface area contributed by atoms with Gasteiger partial charge >= 0.3 is 6.18 Å². The topological polar surface area (TPSA) is 44.4 Å². The van der Waals surface area contributed by atoms with E-state index in [1.54, 1.807) is 0 Å². The van der Waals surface area contributed by atoms with Crippen molar-refractivity contribution in [3.05, 3.63) is 0 Å². The molecule has 0 spiro atoms. The first kappa shape index (κ1) is 22.6. The molecule has 11 heteroatoms. The Kier molecular flexibility index (Phi) is 8.50. The molecular weight excluding hydrogens is 368 g/mol. The molecule has 2 rings (SSSR count). The van der Waals surface area contributed by atoms with Crippen LogP contribution in [0.2, 0.25) is 0 Å². The first-order valence-corrected chi connectivity index (χ1v) is 6.83. The summed E-state index contributed by atoms with van der Waals surface area (Å²) in [6.07, 6.45) is -4.20. The fourth-order valence-corrected chi connectivity index (χ4v) is 2.75. The highest BCUT2D eigenvalue weighted by Gasteiger charge is 2.42. The summed E-state index contributed by atoms with van der Waals surface area (Å²) in [6.45, 7) is -0.660. The number of carbonyl (C=O) groups excluding carboxylic acids is 1. The van der Waals surface area contributed by atoms with Crippen LogP contribution in [-0.4, -0.2) is 61.7 Å². The molecule has 2 heterocycles. The largest absolute Gasteiger partial charge is 0.401 e. The molecule has 2 aliphatic heterocycles. The van der Waals surface area contributed by atoms with E-state index in [-0.39, 0.29) is 43.8 Å². The molecule has 23 heavy (non-hydrogen) atoms. The SMILES string of the molecule is Cl.Cl.O=C(NCC1CCN(CC(F)(F)F)C1)C1CC(F)(F)CN1. The predicted molar refractivity (Wildman–Crippen MR) is 79.5 cm³/mol. The Balaban J connectivity index is 0.00000242. The maximum absolute atomic E-state index is 12.9. The van der Waals surface area contributed by atoms with E-state index in [9.17, 15) is 26.7 Å². The van der Waals surface area contributed by atoms with Crippen molar-refractivity contribution in [2.24, 2.45) is 5.92 Å². The van der Waals surface area contributed by atoms with Crippen LogP contribution in [0.5, 0.6) is 0 Å². The van der Waals surface area contributed by atoms with Crippen LogP contribution in [0.3, 0.4) is 0 Å². The van der Waals surface area contributed by atoms with E-state index in [1.807, 2.05) is 0 Å². The van der Waals surface area contributed by atoms with Gasteiger partial charge in [-0.05, 0) is 18.9 Å². The number of hydrogen-bond acceptors (Lipinski definition) is 3. The molecule has 0 aromatic heterocycles. The molecule has 0 aromatic carbocycles. The number of amides is 1. The second kappa shape index (κ2) is 8.64. The first-order chi connectivity index (χ1) is 9.65. The molecule has 2 fully saturated rings. The molecule has 2 saturated heterocycles. The fourth-order valence-electron chi connectivity index (χ4n) is 2.75. The summed E-state index contributed by atoms with van der Waals surface area (Å²) < 4.78 is 62.6. The lowest BCUT2D eigenvalue weighted by molar-refractivity contribution is -0.143. The standard InChI is InChI=1S/C12H18F5N3O.2ClH/c13-11(14)3-9(19-6-11)10(21)18-4-8-1-2-20(5-8)7-12(15,16)17;;/h8-9,19H,1-7H2,(H,18,21);2*1H. The Morgan fingerprint density at radius 1 is 1.30 bits per heavy atom. The molecule has 0 aromatic rings. The Labute approximate surface area is 143 Å². The lowest BCUT2D eigenvalue weighted by Crippen LogP contribution is -2.42. The van der Waals surface area contributed by atoms with Crippen molar-refractivity contribution in [2.75, 3.05) is 32.7 Å². The summed E-state index contributed by atoms with van der Waals surface area (Å²) in [5.74, 6) is -3.46. The van der Waals surface area contributed by atoms with Gasteiger partial charge in [0.15, 0.2) is 0 Å². The molecule has 0 aliphatic carbocycles. The van der Waals surface area contributed by atoms with Crippen molar-refractivity contribution in [1.29, 1.82) is 0 Å². The summed E-state index contributed by atoms with van der Waals surface area (Å²) in [4.78, 5) is 13.0. The second-order valence-electron chi connectivity index (χ2n) is 5.74. The summed E-state index contributed by atoms with van der Waals surface area (Å²) in [5, 5.41) is 4.99. The van der Waals surface area contributed by atoms with E-state index in [0.29, 0.717) is 13.0 Å².